The van der Waals surface area contributed by atoms with Gasteiger partial charge < -0.3 is 10.3 Å². The van der Waals surface area contributed by atoms with Crippen LogP contribution in [0.25, 0.3) is 10.9 Å². The van der Waals surface area contributed by atoms with E-state index in [-0.39, 0.29) is 0 Å². The zero-order chi connectivity index (χ0) is 9.54. The van der Waals surface area contributed by atoms with Crippen LogP contribution in [0, 0.1) is 0 Å². The smallest absolute Gasteiger partial charge is 0.0482 e. The first-order valence-corrected chi connectivity index (χ1v) is 5.18. The summed E-state index contributed by atoms with van der Waals surface area (Å²) in [7, 11) is 0. The van der Waals surface area contributed by atoms with Gasteiger partial charge in [-0.25, -0.2) is 0 Å². The van der Waals surface area contributed by atoms with Crippen molar-refractivity contribution < 1.29 is 0 Å². The highest BCUT2D eigenvalue weighted by Crippen LogP contribution is 2.33. The maximum atomic E-state index is 5.76. The van der Waals surface area contributed by atoms with Crippen molar-refractivity contribution in [1.82, 2.24) is 4.57 Å². The fourth-order valence-corrected chi connectivity index (χ4v) is 2.49. The fourth-order valence-electron chi connectivity index (χ4n) is 2.49. The maximum Gasteiger partial charge on any atom is 0.0482 e. The number of hydrogen-bond acceptors (Lipinski definition) is 1. The lowest BCUT2D eigenvalue weighted by Gasteiger charge is -2.02. The van der Waals surface area contributed by atoms with Crippen molar-refractivity contribution >= 4 is 10.9 Å². The summed E-state index contributed by atoms with van der Waals surface area (Å²) in [5, 5.41) is 1.35. The molecule has 0 spiro atoms. The predicted molar refractivity (Wildman–Crippen MR) is 58.4 cm³/mol. The number of nitrogens with zero attached hydrogens (tertiary/aromatic N) is 1. The molecular weight excluding hydrogens is 172 g/mol. The number of aryl methyl sites for hydroxylation is 1. The molecule has 3 rings (SSSR count). The van der Waals surface area contributed by atoms with E-state index in [2.05, 4.69) is 34.9 Å². The van der Waals surface area contributed by atoms with Crippen LogP contribution in [0.5, 0.6) is 0 Å². The Kier molecular flexibility index (Phi) is 1.64. The van der Waals surface area contributed by atoms with Gasteiger partial charge in [-0.2, -0.15) is 0 Å². The number of hydrogen-bond donors (Lipinski definition) is 1. The Morgan fingerprint density at radius 1 is 1.36 bits per heavy atom. The number of para-hydroxylation sites is 1. The maximum absolute atomic E-state index is 5.76. The van der Waals surface area contributed by atoms with Gasteiger partial charge in [-0.15, -0.1) is 0 Å². The van der Waals surface area contributed by atoms with Gasteiger partial charge in [-0.3, -0.25) is 0 Å². The highest BCUT2D eigenvalue weighted by molar-refractivity contribution is 5.81. The topological polar surface area (TPSA) is 30.9 Å². The Morgan fingerprint density at radius 2 is 2.21 bits per heavy atom. The third kappa shape index (κ3) is 0.946. The molecule has 1 aliphatic heterocycles. The summed E-state index contributed by atoms with van der Waals surface area (Å²) in [6.07, 6.45) is 1.21. The Bertz CT molecular complexity index is 470. The van der Waals surface area contributed by atoms with Gasteiger partial charge in [0, 0.05) is 30.2 Å². The average Bonchev–Trinajstić information content (AvgIpc) is 2.75. The summed E-state index contributed by atoms with van der Waals surface area (Å²) in [6.45, 7) is 1.90. The normalized spacial score (nSPS) is 20.2. The summed E-state index contributed by atoms with van der Waals surface area (Å²) in [5.41, 5.74) is 8.54. The lowest BCUT2D eigenvalue weighted by atomic mass is 10.1. The Hall–Kier alpha value is -1.28. The van der Waals surface area contributed by atoms with Crippen molar-refractivity contribution in [2.24, 2.45) is 5.73 Å². The molecule has 0 aliphatic carbocycles. The molecule has 2 heterocycles. The second-order valence-electron chi connectivity index (χ2n) is 4.00. The van der Waals surface area contributed by atoms with Crippen LogP contribution in [0.3, 0.4) is 0 Å². The minimum atomic E-state index is 0.572. The molecule has 2 N–H and O–H groups in total. The Labute approximate surface area is 83.3 Å². The number of nitrogens with two attached hydrogens (primary N) is 1. The van der Waals surface area contributed by atoms with Crippen LogP contribution in [0.15, 0.2) is 30.3 Å². The first-order chi connectivity index (χ1) is 6.90. The van der Waals surface area contributed by atoms with E-state index < -0.39 is 0 Å². The van der Waals surface area contributed by atoms with Gasteiger partial charge in [0.05, 0.1) is 0 Å². The monoisotopic (exact) mass is 186 g/mol. The van der Waals surface area contributed by atoms with E-state index in [1.54, 1.807) is 0 Å². The van der Waals surface area contributed by atoms with Crippen LogP contribution < -0.4 is 5.73 Å². The van der Waals surface area contributed by atoms with Gasteiger partial charge in [0.2, 0.25) is 0 Å². The van der Waals surface area contributed by atoms with Crippen molar-refractivity contribution in [3.8, 4) is 0 Å². The highest BCUT2D eigenvalue weighted by Gasteiger charge is 2.22. The zero-order valence-corrected chi connectivity index (χ0v) is 8.11. The van der Waals surface area contributed by atoms with Gasteiger partial charge in [0.1, 0.15) is 0 Å². The molecule has 2 nitrogen and oxygen atoms in total. The summed E-state index contributed by atoms with van der Waals surface area (Å²) >= 11 is 0. The van der Waals surface area contributed by atoms with Crippen molar-refractivity contribution in [3.05, 3.63) is 36.0 Å². The SMILES string of the molecule is NCC1CCn2c1cc1ccccc12. The summed E-state index contributed by atoms with van der Waals surface area (Å²) < 4.78 is 2.41. The predicted octanol–water partition coefficient (Wildman–Crippen LogP) is 2.09. The lowest BCUT2D eigenvalue weighted by Crippen LogP contribution is -2.08. The van der Waals surface area contributed by atoms with Crippen LogP contribution in [0.1, 0.15) is 18.0 Å². The van der Waals surface area contributed by atoms with E-state index in [1.165, 1.54) is 23.0 Å². The molecular formula is C12H14N2. The first-order valence-electron chi connectivity index (χ1n) is 5.18. The molecule has 14 heavy (non-hydrogen) atoms. The lowest BCUT2D eigenvalue weighted by molar-refractivity contribution is 0.673. The number of benzene rings is 1. The van der Waals surface area contributed by atoms with Crippen molar-refractivity contribution in [2.45, 2.75) is 18.9 Å². The largest absolute Gasteiger partial charge is 0.344 e. The molecule has 1 aromatic heterocycles. The highest BCUT2D eigenvalue weighted by atomic mass is 15.0. The minimum Gasteiger partial charge on any atom is -0.344 e. The Balaban J connectivity index is 2.26. The van der Waals surface area contributed by atoms with Crippen LogP contribution in [-0.2, 0) is 6.54 Å². The number of rotatable bonds is 1. The van der Waals surface area contributed by atoms with Gasteiger partial charge in [-0.05, 0) is 23.9 Å². The molecule has 0 bridgehead atoms. The third-order valence-corrected chi connectivity index (χ3v) is 3.25. The minimum absolute atomic E-state index is 0.572. The molecule has 1 atom stereocenters. The molecule has 1 aliphatic rings. The molecule has 1 unspecified atom stereocenters. The van der Waals surface area contributed by atoms with Crippen LogP contribution in [-0.4, -0.2) is 11.1 Å². The van der Waals surface area contributed by atoms with Crippen LogP contribution in [0.2, 0.25) is 0 Å². The number of fused-ring (bicyclic) bond motifs is 3. The van der Waals surface area contributed by atoms with Gasteiger partial charge >= 0.3 is 0 Å². The zero-order valence-electron chi connectivity index (χ0n) is 8.11. The molecule has 0 saturated carbocycles. The Morgan fingerprint density at radius 3 is 3.07 bits per heavy atom. The first kappa shape index (κ1) is 8.06. The van der Waals surface area contributed by atoms with Crippen molar-refractivity contribution in [3.63, 3.8) is 0 Å². The van der Waals surface area contributed by atoms with E-state index in [1.807, 2.05) is 0 Å². The van der Waals surface area contributed by atoms with Gasteiger partial charge in [-0.1, -0.05) is 18.2 Å². The molecule has 0 radical (unpaired) electrons. The second-order valence-corrected chi connectivity index (χ2v) is 4.00. The molecule has 1 aromatic carbocycles. The summed E-state index contributed by atoms with van der Waals surface area (Å²) in [4.78, 5) is 0. The average molecular weight is 186 g/mol. The fraction of sp³-hybridized carbons (Fsp3) is 0.333. The molecule has 72 valence electrons. The van der Waals surface area contributed by atoms with E-state index in [4.69, 9.17) is 5.73 Å². The van der Waals surface area contributed by atoms with Crippen LogP contribution >= 0.6 is 0 Å². The summed E-state index contributed by atoms with van der Waals surface area (Å²) in [6, 6.07) is 10.9. The molecule has 0 amide bonds. The molecule has 2 aromatic rings. The second kappa shape index (κ2) is 2.85. The third-order valence-electron chi connectivity index (χ3n) is 3.25. The van der Waals surface area contributed by atoms with E-state index in [0.717, 1.165) is 13.1 Å². The van der Waals surface area contributed by atoms with Crippen molar-refractivity contribution in [2.75, 3.05) is 6.54 Å². The van der Waals surface area contributed by atoms with Crippen LogP contribution in [0.4, 0.5) is 0 Å². The van der Waals surface area contributed by atoms with E-state index >= 15 is 0 Å². The van der Waals surface area contributed by atoms with Gasteiger partial charge in [0.15, 0.2) is 0 Å². The quantitative estimate of drug-likeness (QED) is 0.726. The molecule has 2 heteroatoms. The number of aromatic nitrogens is 1. The van der Waals surface area contributed by atoms with Gasteiger partial charge in [0.25, 0.3) is 0 Å². The van der Waals surface area contributed by atoms with Crippen molar-refractivity contribution in [1.29, 1.82) is 0 Å². The molecule has 0 saturated heterocycles. The molecule has 0 fully saturated rings. The van der Waals surface area contributed by atoms with E-state index in [9.17, 15) is 0 Å². The summed E-state index contributed by atoms with van der Waals surface area (Å²) in [5.74, 6) is 0.572. The standard InChI is InChI=1S/C12H14N2/c13-8-10-5-6-14-11-4-2-1-3-9(11)7-12(10)14/h1-4,7,10H,5-6,8,13H2. The van der Waals surface area contributed by atoms with E-state index in [0.29, 0.717) is 5.92 Å².